The Bertz CT molecular complexity index is 607. The zero-order chi connectivity index (χ0) is 16.0. The van der Waals surface area contributed by atoms with Crippen LogP contribution in [-0.2, 0) is 19.2 Å². The van der Waals surface area contributed by atoms with Gasteiger partial charge in [0.05, 0.1) is 19.0 Å². The van der Waals surface area contributed by atoms with E-state index in [1.54, 1.807) is 30.3 Å². The van der Waals surface area contributed by atoms with E-state index < -0.39 is 5.60 Å². The number of hydrogen-bond donors (Lipinski definition) is 3. The monoisotopic (exact) mass is 433 g/mol. The molecule has 3 N–H and O–H groups in total. The maximum atomic E-state index is 10.6. The Morgan fingerprint density at radius 2 is 2.26 bits per heavy atom. The number of nitrogens with one attached hydrogen (secondary N) is 2. The van der Waals surface area contributed by atoms with Crippen LogP contribution < -0.4 is 10.6 Å². The Balaban J connectivity index is 0.00000264. The third kappa shape index (κ3) is 5.87. The fourth-order valence-corrected chi connectivity index (χ4v) is 1.96. The summed E-state index contributed by atoms with van der Waals surface area (Å²) in [5.41, 5.74) is -0.279. The van der Waals surface area contributed by atoms with Crippen LogP contribution in [0.1, 0.15) is 25.2 Å². The summed E-state index contributed by atoms with van der Waals surface area (Å²) in [5, 5.41) is 20.9. The van der Waals surface area contributed by atoms with E-state index in [1.165, 1.54) is 0 Å². The van der Waals surface area contributed by atoms with Crippen LogP contribution in [0.15, 0.2) is 40.2 Å². The number of aliphatic imine (C=N–C) groups is 1. The van der Waals surface area contributed by atoms with Gasteiger partial charge in [-0.2, -0.15) is 5.10 Å². The molecule has 2 aromatic heterocycles. The van der Waals surface area contributed by atoms with Gasteiger partial charge in [-0.25, -0.2) is 4.99 Å². The van der Waals surface area contributed by atoms with Crippen LogP contribution in [0.25, 0.3) is 0 Å². The summed E-state index contributed by atoms with van der Waals surface area (Å²) in [6.07, 6.45) is 5.08. The van der Waals surface area contributed by atoms with E-state index in [2.05, 4.69) is 20.7 Å². The van der Waals surface area contributed by atoms with Crippen LogP contribution in [0.2, 0.25) is 0 Å². The van der Waals surface area contributed by atoms with Crippen molar-refractivity contribution in [2.45, 2.75) is 26.0 Å². The Morgan fingerprint density at radius 1 is 1.48 bits per heavy atom. The van der Waals surface area contributed by atoms with Gasteiger partial charge in [0.25, 0.3) is 0 Å². The van der Waals surface area contributed by atoms with Gasteiger partial charge in [-0.05, 0) is 26.0 Å². The first-order valence-electron chi connectivity index (χ1n) is 7.27. The smallest absolute Gasteiger partial charge is 0.191 e. The van der Waals surface area contributed by atoms with Crippen molar-refractivity contribution in [2.75, 3.05) is 13.1 Å². The molecule has 2 aromatic rings. The molecule has 0 aliphatic carbocycles. The van der Waals surface area contributed by atoms with Gasteiger partial charge in [-0.1, -0.05) is 0 Å². The minimum atomic E-state index is -1.03. The molecule has 0 aromatic carbocycles. The lowest BCUT2D eigenvalue weighted by atomic mass is 10.00. The second-order valence-corrected chi connectivity index (χ2v) is 5.30. The molecule has 1 atom stereocenters. The zero-order valence-electron chi connectivity index (χ0n) is 13.6. The summed E-state index contributed by atoms with van der Waals surface area (Å²) < 4.78 is 6.92. The van der Waals surface area contributed by atoms with Gasteiger partial charge < -0.3 is 20.2 Å². The largest absolute Gasteiger partial charge is 0.467 e. The quantitative estimate of drug-likeness (QED) is 0.366. The van der Waals surface area contributed by atoms with E-state index in [4.69, 9.17) is 4.42 Å². The lowest BCUT2D eigenvalue weighted by Crippen LogP contribution is -2.44. The number of aliphatic hydroxyl groups is 1. The van der Waals surface area contributed by atoms with E-state index in [0.717, 1.165) is 17.9 Å². The molecule has 128 valence electrons. The first-order chi connectivity index (χ1) is 10.5. The number of nitrogens with zero attached hydrogens (tertiary/aromatic N) is 3. The van der Waals surface area contributed by atoms with E-state index in [-0.39, 0.29) is 24.0 Å². The summed E-state index contributed by atoms with van der Waals surface area (Å²) in [4.78, 5) is 4.43. The number of hydrogen-bond acceptors (Lipinski definition) is 4. The van der Waals surface area contributed by atoms with Gasteiger partial charge >= 0.3 is 0 Å². The predicted molar refractivity (Wildman–Crippen MR) is 99.7 cm³/mol. The normalized spacial score (nSPS) is 14.0. The molecule has 0 fully saturated rings. The van der Waals surface area contributed by atoms with Crippen molar-refractivity contribution in [1.82, 2.24) is 20.4 Å². The number of aromatic nitrogens is 2. The average molecular weight is 433 g/mol. The number of aryl methyl sites for hydroxylation is 1. The molecule has 7 nitrogen and oxygen atoms in total. The fourth-order valence-electron chi connectivity index (χ4n) is 1.96. The molecule has 0 aliphatic rings. The van der Waals surface area contributed by atoms with Gasteiger partial charge in [-0.15, -0.1) is 24.0 Å². The molecule has 0 saturated carbocycles. The van der Waals surface area contributed by atoms with Gasteiger partial charge in [0.1, 0.15) is 17.9 Å². The molecular weight excluding hydrogens is 409 g/mol. The van der Waals surface area contributed by atoms with Crippen LogP contribution in [0.5, 0.6) is 0 Å². The van der Waals surface area contributed by atoms with Crippen LogP contribution in [0.4, 0.5) is 0 Å². The fraction of sp³-hybridized carbons (Fsp3) is 0.467. The highest BCUT2D eigenvalue weighted by molar-refractivity contribution is 14.0. The Hall–Kier alpha value is -1.55. The molecule has 0 spiro atoms. The molecule has 0 bridgehead atoms. The predicted octanol–water partition coefficient (Wildman–Crippen LogP) is 1.59. The topological polar surface area (TPSA) is 87.6 Å². The average Bonchev–Trinajstić information content (AvgIpc) is 3.13. The van der Waals surface area contributed by atoms with Gasteiger partial charge in [0.2, 0.25) is 0 Å². The zero-order valence-corrected chi connectivity index (χ0v) is 15.9. The molecule has 8 heteroatoms. The minimum Gasteiger partial charge on any atom is -0.467 e. The van der Waals surface area contributed by atoms with Gasteiger partial charge in [-0.3, -0.25) is 4.68 Å². The first-order valence-corrected chi connectivity index (χ1v) is 7.27. The van der Waals surface area contributed by atoms with Crippen molar-refractivity contribution >= 4 is 29.9 Å². The summed E-state index contributed by atoms with van der Waals surface area (Å²) in [6.45, 7) is 5.23. The molecule has 0 radical (unpaired) electrons. The molecular formula is C15H24IN5O2. The maximum Gasteiger partial charge on any atom is 0.191 e. The molecule has 2 heterocycles. The van der Waals surface area contributed by atoms with Crippen molar-refractivity contribution in [2.24, 2.45) is 12.0 Å². The van der Waals surface area contributed by atoms with Gasteiger partial charge in [0.15, 0.2) is 5.96 Å². The van der Waals surface area contributed by atoms with Crippen LogP contribution in [-0.4, -0.2) is 33.9 Å². The number of rotatable bonds is 6. The SMILES string of the molecule is CCNC(=NCc1ccco1)NCC(C)(O)c1cnn(C)c1.I. The highest BCUT2D eigenvalue weighted by atomic mass is 127. The highest BCUT2D eigenvalue weighted by Gasteiger charge is 2.24. The standard InChI is InChI=1S/C15H23N5O2.HI/c1-4-16-14(17-9-13-6-5-7-22-13)18-11-15(2,21)12-8-19-20(3)10-12;/h5-8,10,21H,4,9,11H2,1-3H3,(H2,16,17,18);1H. The lowest BCUT2D eigenvalue weighted by Gasteiger charge is -2.23. The van der Waals surface area contributed by atoms with E-state index in [1.807, 2.05) is 26.1 Å². The first kappa shape index (κ1) is 19.5. The number of furan rings is 1. The Kier molecular flexibility index (Phi) is 7.56. The molecule has 23 heavy (non-hydrogen) atoms. The third-order valence-electron chi connectivity index (χ3n) is 3.24. The van der Waals surface area contributed by atoms with E-state index in [9.17, 15) is 5.11 Å². The third-order valence-corrected chi connectivity index (χ3v) is 3.24. The summed E-state index contributed by atoms with van der Waals surface area (Å²) in [6, 6.07) is 3.71. The molecule has 2 rings (SSSR count). The van der Waals surface area contributed by atoms with E-state index in [0.29, 0.717) is 19.0 Å². The lowest BCUT2D eigenvalue weighted by molar-refractivity contribution is 0.0616. The Morgan fingerprint density at radius 3 is 2.83 bits per heavy atom. The number of guanidine groups is 1. The molecule has 1 unspecified atom stereocenters. The highest BCUT2D eigenvalue weighted by Crippen LogP contribution is 2.18. The van der Waals surface area contributed by atoms with Crippen LogP contribution >= 0.6 is 24.0 Å². The second kappa shape index (κ2) is 8.92. The van der Waals surface area contributed by atoms with Crippen molar-refractivity contribution in [3.63, 3.8) is 0 Å². The number of halogens is 1. The van der Waals surface area contributed by atoms with Crippen molar-refractivity contribution in [1.29, 1.82) is 0 Å². The molecule has 0 aliphatic heterocycles. The maximum absolute atomic E-state index is 10.6. The summed E-state index contributed by atoms with van der Waals surface area (Å²) in [7, 11) is 1.82. The van der Waals surface area contributed by atoms with Crippen LogP contribution in [0, 0.1) is 0 Å². The van der Waals surface area contributed by atoms with Crippen molar-refractivity contribution in [3.8, 4) is 0 Å². The van der Waals surface area contributed by atoms with Gasteiger partial charge in [0, 0.05) is 25.4 Å². The van der Waals surface area contributed by atoms with Crippen molar-refractivity contribution in [3.05, 3.63) is 42.1 Å². The van der Waals surface area contributed by atoms with Crippen molar-refractivity contribution < 1.29 is 9.52 Å². The summed E-state index contributed by atoms with van der Waals surface area (Å²) in [5.74, 6) is 1.42. The van der Waals surface area contributed by atoms with E-state index >= 15 is 0 Å². The summed E-state index contributed by atoms with van der Waals surface area (Å²) >= 11 is 0. The minimum absolute atomic E-state index is 0. The molecule has 0 saturated heterocycles. The van der Waals surface area contributed by atoms with Crippen LogP contribution in [0.3, 0.4) is 0 Å². The second-order valence-electron chi connectivity index (χ2n) is 5.30. The Labute approximate surface area is 153 Å². The molecule has 0 amide bonds.